The molecule has 20 heavy (non-hydrogen) atoms. The monoisotopic (exact) mass is 270 g/mol. The predicted molar refractivity (Wildman–Crippen MR) is 84.8 cm³/mol. The summed E-state index contributed by atoms with van der Waals surface area (Å²) in [6.07, 6.45) is 3.33. The van der Waals surface area contributed by atoms with E-state index in [1.807, 2.05) is 43.4 Å². The average Bonchev–Trinajstić information content (AvgIpc) is 2.46. The number of carbonyl (C=O) groups excluding carboxylic acids is 1. The van der Waals surface area contributed by atoms with Gasteiger partial charge in [-0.05, 0) is 29.3 Å². The molecule has 0 spiro atoms. The fourth-order valence-corrected chi connectivity index (χ4v) is 2.35. The highest BCUT2D eigenvalue weighted by atomic mass is 16.2. The molecule has 0 aliphatic heterocycles. The van der Waals surface area contributed by atoms with Crippen LogP contribution in [0.5, 0.6) is 0 Å². The Balaban J connectivity index is 2.23. The van der Waals surface area contributed by atoms with Gasteiger partial charge in [-0.3, -0.25) is 4.79 Å². The van der Waals surface area contributed by atoms with E-state index < -0.39 is 0 Å². The summed E-state index contributed by atoms with van der Waals surface area (Å²) in [4.78, 5) is 14.2. The number of hydrogen-bond acceptors (Lipinski definition) is 2. The fourth-order valence-electron chi connectivity index (χ4n) is 2.35. The van der Waals surface area contributed by atoms with E-state index in [1.165, 1.54) is 0 Å². The van der Waals surface area contributed by atoms with Crippen LogP contribution in [0.15, 0.2) is 36.4 Å². The summed E-state index contributed by atoms with van der Waals surface area (Å²) in [5.74, 6) is 0.00403. The highest BCUT2D eigenvalue weighted by molar-refractivity contribution is 6.03. The molecule has 0 bridgehead atoms. The molecular weight excluding hydrogens is 248 g/mol. The lowest BCUT2D eigenvalue weighted by Gasteiger charge is -2.18. The maximum Gasteiger partial charge on any atom is 0.255 e. The quantitative estimate of drug-likeness (QED) is 0.665. The Morgan fingerprint density at radius 3 is 2.45 bits per heavy atom. The van der Waals surface area contributed by atoms with Crippen molar-refractivity contribution in [1.82, 2.24) is 4.90 Å². The van der Waals surface area contributed by atoms with Gasteiger partial charge in [0.1, 0.15) is 0 Å². The van der Waals surface area contributed by atoms with Gasteiger partial charge in [0.2, 0.25) is 0 Å². The van der Waals surface area contributed by atoms with Crippen LogP contribution in [-0.2, 0) is 0 Å². The molecule has 0 radical (unpaired) electrons. The molecule has 0 aliphatic carbocycles. The Bertz CT molecular complexity index is 607. The molecule has 0 fully saturated rings. The van der Waals surface area contributed by atoms with Crippen molar-refractivity contribution in [2.24, 2.45) is 0 Å². The van der Waals surface area contributed by atoms with Crippen LogP contribution in [-0.4, -0.2) is 24.4 Å². The first-order valence-corrected chi connectivity index (χ1v) is 7.17. The number of unbranched alkanes of at least 4 members (excludes halogenated alkanes) is 2. The molecule has 1 amide bonds. The Hall–Kier alpha value is -2.03. The number of nitrogens with zero attached hydrogens (tertiary/aromatic N) is 1. The number of anilines is 1. The molecule has 0 saturated carbocycles. The second kappa shape index (κ2) is 6.42. The Morgan fingerprint density at radius 1 is 1.15 bits per heavy atom. The zero-order valence-corrected chi connectivity index (χ0v) is 12.2. The highest BCUT2D eigenvalue weighted by Crippen LogP contribution is 2.23. The van der Waals surface area contributed by atoms with Gasteiger partial charge in [-0.1, -0.05) is 44.0 Å². The van der Waals surface area contributed by atoms with E-state index in [1.54, 1.807) is 4.90 Å². The molecule has 3 nitrogen and oxygen atoms in total. The van der Waals surface area contributed by atoms with E-state index in [2.05, 4.69) is 6.92 Å². The third-order valence-corrected chi connectivity index (χ3v) is 3.59. The average molecular weight is 270 g/mol. The number of nitrogen functional groups attached to an aromatic ring is 1. The van der Waals surface area contributed by atoms with Crippen LogP contribution in [0.3, 0.4) is 0 Å². The molecule has 2 aromatic carbocycles. The minimum Gasteiger partial charge on any atom is -0.398 e. The predicted octanol–water partition coefficient (Wildman–Crippen LogP) is 3.68. The molecule has 3 heteroatoms. The standard InChI is InChI=1S/C17H22N2O/c1-3-4-7-10-19(2)17(20)15-11-13-8-5-6-9-14(13)12-16(15)18/h5-6,8-9,11-12H,3-4,7,10,18H2,1-2H3. The van der Waals surface area contributed by atoms with E-state index in [9.17, 15) is 4.79 Å². The molecule has 0 heterocycles. The van der Waals surface area contributed by atoms with Crippen molar-refractivity contribution in [2.75, 3.05) is 19.3 Å². The largest absolute Gasteiger partial charge is 0.398 e. The normalized spacial score (nSPS) is 10.7. The number of benzene rings is 2. The van der Waals surface area contributed by atoms with Gasteiger partial charge in [0, 0.05) is 19.3 Å². The summed E-state index contributed by atoms with van der Waals surface area (Å²) >= 11 is 0. The molecular formula is C17H22N2O. The van der Waals surface area contributed by atoms with Crippen molar-refractivity contribution in [3.8, 4) is 0 Å². The molecule has 0 saturated heterocycles. The van der Waals surface area contributed by atoms with E-state index in [-0.39, 0.29) is 5.91 Å². The second-order valence-electron chi connectivity index (χ2n) is 5.22. The summed E-state index contributed by atoms with van der Waals surface area (Å²) in [7, 11) is 1.84. The van der Waals surface area contributed by atoms with Crippen molar-refractivity contribution in [3.63, 3.8) is 0 Å². The van der Waals surface area contributed by atoms with Gasteiger partial charge >= 0.3 is 0 Å². The van der Waals surface area contributed by atoms with Crippen LogP contribution in [0.4, 0.5) is 5.69 Å². The summed E-state index contributed by atoms with van der Waals surface area (Å²) < 4.78 is 0. The van der Waals surface area contributed by atoms with Crippen LogP contribution in [0, 0.1) is 0 Å². The van der Waals surface area contributed by atoms with E-state index in [0.29, 0.717) is 11.3 Å². The van der Waals surface area contributed by atoms with Crippen molar-refractivity contribution >= 4 is 22.4 Å². The summed E-state index contributed by atoms with van der Waals surface area (Å²) in [5.41, 5.74) is 7.18. The number of hydrogen-bond donors (Lipinski definition) is 1. The van der Waals surface area contributed by atoms with Gasteiger partial charge in [-0.15, -0.1) is 0 Å². The van der Waals surface area contributed by atoms with Gasteiger partial charge in [0.05, 0.1) is 5.56 Å². The first-order chi connectivity index (χ1) is 9.63. The summed E-state index contributed by atoms with van der Waals surface area (Å²) in [6.45, 7) is 2.93. The van der Waals surface area contributed by atoms with Crippen LogP contribution in [0.2, 0.25) is 0 Å². The highest BCUT2D eigenvalue weighted by Gasteiger charge is 2.15. The fraction of sp³-hybridized carbons (Fsp3) is 0.353. The third kappa shape index (κ3) is 3.10. The number of fused-ring (bicyclic) bond motifs is 1. The van der Waals surface area contributed by atoms with E-state index in [4.69, 9.17) is 5.73 Å². The third-order valence-electron chi connectivity index (χ3n) is 3.59. The number of amides is 1. The topological polar surface area (TPSA) is 46.3 Å². The maximum absolute atomic E-state index is 12.4. The number of carbonyl (C=O) groups is 1. The summed E-state index contributed by atoms with van der Waals surface area (Å²) in [5, 5.41) is 2.11. The van der Waals surface area contributed by atoms with Crippen molar-refractivity contribution in [3.05, 3.63) is 42.0 Å². The van der Waals surface area contributed by atoms with Crippen LogP contribution in [0.1, 0.15) is 36.5 Å². The number of rotatable bonds is 5. The molecule has 0 aromatic heterocycles. The van der Waals surface area contributed by atoms with E-state index >= 15 is 0 Å². The minimum absolute atomic E-state index is 0.00403. The Morgan fingerprint density at radius 2 is 1.80 bits per heavy atom. The van der Waals surface area contributed by atoms with Gasteiger partial charge in [-0.2, -0.15) is 0 Å². The second-order valence-corrected chi connectivity index (χ2v) is 5.22. The van der Waals surface area contributed by atoms with Crippen LogP contribution in [0.25, 0.3) is 10.8 Å². The summed E-state index contributed by atoms with van der Waals surface area (Å²) in [6, 6.07) is 11.7. The maximum atomic E-state index is 12.4. The van der Waals surface area contributed by atoms with Gasteiger partial charge in [-0.25, -0.2) is 0 Å². The number of nitrogens with two attached hydrogens (primary N) is 1. The Labute approximate surface area is 120 Å². The smallest absolute Gasteiger partial charge is 0.255 e. The van der Waals surface area contributed by atoms with Crippen molar-refractivity contribution in [2.45, 2.75) is 26.2 Å². The molecule has 2 rings (SSSR count). The minimum atomic E-state index is 0.00403. The first-order valence-electron chi connectivity index (χ1n) is 7.17. The SMILES string of the molecule is CCCCCN(C)C(=O)c1cc2ccccc2cc1N. The molecule has 106 valence electrons. The van der Waals surface area contributed by atoms with Crippen LogP contribution < -0.4 is 5.73 Å². The first kappa shape index (κ1) is 14.4. The van der Waals surface area contributed by atoms with Crippen LogP contribution >= 0.6 is 0 Å². The molecule has 0 aliphatic rings. The Kier molecular flexibility index (Phi) is 4.61. The van der Waals surface area contributed by atoms with Gasteiger partial charge in [0.15, 0.2) is 0 Å². The van der Waals surface area contributed by atoms with Gasteiger partial charge in [0.25, 0.3) is 5.91 Å². The lowest BCUT2D eigenvalue weighted by molar-refractivity contribution is 0.0794. The lowest BCUT2D eigenvalue weighted by atomic mass is 10.0. The zero-order valence-electron chi connectivity index (χ0n) is 12.2. The molecule has 0 atom stereocenters. The zero-order chi connectivity index (χ0) is 14.5. The lowest BCUT2D eigenvalue weighted by Crippen LogP contribution is -2.28. The van der Waals surface area contributed by atoms with Gasteiger partial charge < -0.3 is 10.6 Å². The molecule has 0 unspecified atom stereocenters. The molecule has 2 N–H and O–H groups in total. The van der Waals surface area contributed by atoms with E-state index in [0.717, 1.165) is 36.6 Å². The van der Waals surface area contributed by atoms with Crippen molar-refractivity contribution in [1.29, 1.82) is 0 Å². The van der Waals surface area contributed by atoms with Crippen molar-refractivity contribution < 1.29 is 4.79 Å². The molecule has 2 aromatic rings.